The Balaban J connectivity index is 2.30. The van der Waals surface area contributed by atoms with E-state index in [4.69, 9.17) is 4.74 Å². The van der Waals surface area contributed by atoms with Crippen LogP contribution in [0.3, 0.4) is 0 Å². The summed E-state index contributed by atoms with van der Waals surface area (Å²) in [7, 11) is -1.61. The molecular weight excluding hydrogens is 374 g/mol. The van der Waals surface area contributed by atoms with Crippen molar-refractivity contribution >= 4 is 15.7 Å². The fourth-order valence-corrected chi connectivity index (χ4v) is 3.81. The zero-order chi connectivity index (χ0) is 21.1. The summed E-state index contributed by atoms with van der Waals surface area (Å²) in [6.45, 7) is 8.00. The van der Waals surface area contributed by atoms with Gasteiger partial charge in [-0.25, -0.2) is 8.42 Å². The maximum Gasteiger partial charge on any atom is 0.252 e. The summed E-state index contributed by atoms with van der Waals surface area (Å²) < 4.78 is 28.7. The Labute approximate surface area is 168 Å². The van der Waals surface area contributed by atoms with Crippen LogP contribution in [0.5, 0.6) is 5.75 Å². The van der Waals surface area contributed by atoms with E-state index in [0.29, 0.717) is 12.0 Å². The van der Waals surface area contributed by atoms with Gasteiger partial charge in [0, 0.05) is 11.8 Å². The lowest BCUT2D eigenvalue weighted by Crippen LogP contribution is -2.29. The molecule has 5 nitrogen and oxygen atoms in total. The molecule has 0 radical (unpaired) electrons. The minimum Gasteiger partial charge on any atom is -0.496 e. The number of methoxy groups -OCH3 is 1. The van der Waals surface area contributed by atoms with Gasteiger partial charge in [-0.15, -0.1) is 0 Å². The lowest BCUT2D eigenvalue weighted by Gasteiger charge is -2.20. The van der Waals surface area contributed by atoms with Crippen molar-refractivity contribution in [1.29, 1.82) is 0 Å². The van der Waals surface area contributed by atoms with E-state index in [1.54, 1.807) is 31.4 Å². The number of nitrogens with one attached hydrogen (secondary N) is 1. The highest BCUT2D eigenvalue weighted by atomic mass is 32.2. The number of aryl methyl sites for hydroxylation is 1. The predicted octanol–water partition coefficient (Wildman–Crippen LogP) is 4.41. The van der Waals surface area contributed by atoms with Crippen LogP contribution in [0, 0.1) is 6.92 Å². The van der Waals surface area contributed by atoms with Gasteiger partial charge in [0.15, 0.2) is 9.84 Å². The minimum atomic E-state index is -3.24. The molecule has 152 valence electrons. The average Bonchev–Trinajstić information content (AvgIpc) is 2.64. The Kier molecular flexibility index (Phi) is 6.88. The van der Waals surface area contributed by atoms with Gasteiger partial charge in [0.05, 0.1) is 18.0 Å². The monoisotopic (exact) mass is 403 g/mol. The van der Waals surface area contributed by atoms with E-state index < -0.39 is 9.84 Å². The third kappa shape index (κ3) is 4.93. The lowest BCUT2D eigenvalue weighted by atomic mass is 9.95. The molecule has 2 aromatic carbocycles. The summed E-state index contributed by atoms with van der Waals surface area (Å²) in [5.74, 6) is 0.862. The summed E-state index contributed by atoms with van der Waals surface area (Å²) >= 11 is 0. The van der Waals surface area contributed by atoms with Gasteiger partial charge < -0.3 is 10.1 Å². The Morgan fingerprint density at radius 3 is 2.21 bits per heavy atom. The summed E-state index contributed by atoms with van der Waals surface area (Å²) in [6.07, 6.45) is 1.87. The van der Waals surface area contributed by atoms with Crippen LogP contribution in [-0.2, 0) is 9.84 Å². The second-order valence-corrected chi connectivity index (χ2v) is 9.36. The molecule has 0 bridgehead atoms. The van der Waals surface area contributed by atoms with E-state index in [0.717, 1.165) is 22.4 Å². The molecule has 2 rings (SSSR count). The Bertz CT molecular complexity index is 947. The van der Waals surface area contributed by atoms with Crippen molar-refractivity contribution in [3.8, 4) is 5.75 Å². The molecule has 0 fully saturated rings. The molecule has 0 saturated carbocycles. The average molecular weight is 404 g/mol. The Morgan fingerprint density at radius 1 is 1.14 bits per heavy atom. The van der Waals surface area contributed by atoms with Crippen molar-refractivity contribution < 1.29 is 17.9 Å². The largest absolute Gasteiger partial charge is 0.496 e. The highest BCUT2D eigenvalue weighted by Gasteiger charge is 2.19. The van der Waals surface area contributed by atoms with Gasteiger partial charge in [-0.3, -0.25) is 4.79 Å². The molecular formula is C22H29NO4S. The van der Waals surface area contributed by atoms with E-state index in [1.165, 1.54) is 6.26 Å². The number of carbonyl (C=O) groups excluding carboxylic acids is 1. The first-order chi connectivity index (χ1) is 13.1. The van der Waals surface area contributed by atoms with E-state index >= 15 is 0 Å². The highest BCUT2D eigenvalue weighted by Crippen LogP contribution is 2.30. The van der Waals surface area contributed by atoms with Crippen molar-refractivity contribution in [2.75, 3.05) is 13.4 Å². The summed E-state index contributed by atoms with van der Waals surface area (Å²) in [6, 6.07) is 10.3. The van der Waals surface area contributed by atoms with Crippen LogP contribution in [0.1, 0.15) is 66.2 Å². The van der Waals surface area contributed by atoms with Gasteiger partial charge in [-0.2, -0.15) is 0 Å². The van der Waals surface area contributed by atoms with E-state index in [9.17, 15) is 13.2 Å². The molecule has 0 heterocycles. The molecule has 28 heavy (non-hydrogen) atoms. The zero-order valence-electron chi connectivity index (χ0n) is 17.4. The lowest BCUT2D eigenvalue weighted by molar-refractivity contribution is 0.0934. The normalized spacial score (nSPS) is 12.7. The van der Waals surface area contributed by atoms with Gasteiger partial charge >= 0.3 is 0 Å². The van der Waals surface area contributed by atoms with E-state index in [1.807, 2.05) is 26.0 Å². The SMILES string of the molecule is CCC(NC(=O)c1cc(C(C)C)c(OC)cc1C)c1ccc(S(C)(=O)=O)cc1. The van der Waals surface area contributed by atoms with Crippen molar-refractivity contribution in [1.82, 2.24) is 5.32 Å². The van der Waals surface area contributed by atoms with Crippen LogP contribution in [-0.4, -0.2) is 27.7 Å². The maximum atomic E-state index is 13.0. The molecule has 2 aromatic rings. The van der Waals surface area contributed by atoms with Crippen LogP contribution in [0.25, 0.3) is 0 Å². The van der Waals surface area contributed by atoms with Crippen molar-refractivity contribution in [3.05, 3.63) is 58.7 Å². The molecule has 1 unspecified atom stereocenters. The van der Waals surface area contributed by atoms with Gasteiger partial charge in [0.1, 0.15) is 5.75 Å². The van der Waals surface area contributed by atoms with Gasteiger partial charge in [0.2, 0.25) is 0 Å². The second kappa shape index (κ2) is 8.78. The van der Waals surface area contributed by atoms with Gasteiger partial charge in [-0.1, -0.05) is 32.9 Å². The van der Waals surface area contributed by atoms with Crippen LogP contribution in [0.2, 0.25) is 0 Å². The molecule has 0 aliphatic rings. The van der Waals surface area contributed by atoms with Crippen LogP contribution in [0.15, 0.2) is 41.3 Å². The standard InChI is InChI=1S/C22H29NO4S/c1-7-20(16-8-10-17(11-9-16)28(6,25)26)23-22(24)19-13-18(14(2)3)21(27-5)12-15(19)4/h8-14,20H,7H2,1-6H3,(H,23,24). The number of hydrogen-bond acceptors (Lipinski definition) is 4. The third-order valence-electron chi connectivity index (χ3n) is 4.87. The Morgan fingerprint density at radius 2 is 1.75 bits per heavy atom. The predicted molar refractivity (Wildman–Crippen MR) is 112 cm³/mol. The number of rotatable bonds is 7. The fraction of sp³-hybridized carbons (Fsp3) is 0.409. The Hall–Kier alpha value is -2.34. The van der Waals surface area contributed by atoms with E-state index in [-0.39, 0.29) is 22.8 Å². The van der Waals surface area contributed by atoms with E-state index in [2.05, 4.69) is 19.2 Å². The summed E-state index contributed by atoms with van der Waals surface area (Å²) in [4.78, 5) is 13.2. The fourth-order valence-electron chi connectivity index (χ4n) is 3.18. The number of ether oxygens (including phenoxy) is 1. The number of carbonyl (C=O) groups is 1. The van der Waals surface area contributed by atoms with Gasteiger partial charge in [0.25, 0.3) is 5.91 Å². The van der Waals surface area contributed by atoms with Crippen LogP contribution >= 0.6 is 0 Å². The number of amides is 1. The minimum absolute atomic E-state index is 0.152. The summed E-state index contributed by atoms with van der Waals surface area (Å²) in [5.41, 5.74) is 3.33. The van der Waals surface area contributed by atoms with Crippen LogP contribution in [0.4, 0.5) is 0 Å². The summed E-state index contributed by atoms with van der Waals surface area (Å²) in [5, 5.41) is 3.07. The zero-order valence-corrected chi connectivity index (χ0v) is 18.2. The van der Waals surface area contributed by atoms with Crippen molar-refractivity contribution in [2.24, 2.45) is 0 Å². The first-order valence-electron chi connectivity index (χ1n) is 9.37. The first-order valence-corrected chi connectivity index (χ1v) is 11.3. The van der Waals surface area contributed by atoms with Crippen molar-refractivity contribution in [2.45, 2.75) is 51.0 Å². The molecule has 1 N–H and O–H groups in total. The molecule has 1 amide bonds. The third-order valence-corrected chi connectivity index (χ3v) is 6.00. The van der Waals surface area contributed by atoms with Crippen LogP contribution < -0.4 is 10.1 Å². The first kappa shape index (κ1) is 22.0. The quantitative estimate of drug-likeness (QED) is 0.743. The molecule has 6 heteroatoms. The topological polar surface area (TPSA) is 72.5 Å². The molecule has 0 saturated heterocycles. The second-order valence-electron chi connectivity index (χ2n) is 7.34. The molecule has 0 aromatic heterocycles. The smallest absolute Gasteiger partial charge is 0.252 e. The molecule has 0 spiro atoms. The molecule has 0 aliphatic carbocycles. The van der Waals surface area contributed by atoms with Gasteiger partial charge in [-0.05, 0) is 60.2 Å². The highest BCUT2D eigenvalue weighted by molar-refractivity contribution is 7.90. The number of hydrogen-bond donors (Lipinski definition) is 1. The van der Waals surface area contributed by atoms with Crippen molar-refractivity contribution in [3.63, 3.8) is 0 Å². The number of sulfone groups is 1. The maximum absolute atomic E-state index is 13.0. The molecule has 1 atom stereocenters. The number of benzene rings is 2. The molecule has 0 aliphatic heterocycles.